The highest BCUT2D eigenvalue weighted by Crippen LogP contribution is 2.43. The Morgan fingerprint density at radius 1 is 1.15 bits per heavy atom. The molecule has 1 saturated heterocycles. The fourth-order valence-corrected chi connectivity index (χ4v) is 3.68. The average Bonchev–Trinajstić information content (AvgIpc) is 2.75. The first-order valence-electron chi connectivity index (χ1n) is 8.11. The molecule has 116 valence electrons. The second kappa shape index (κ2) is 5.67. The Balaban J connectivity index is 1.96. The standard InChI is InChI=1S/C17H31NO2/c1-16(2,3)20-15(19)14-11-18-10-13(14)12-6-8-17(4,5)9-7-12/h12-14,18H,6-11H2,1-5H3. The predicted octanol–water partition coefficient (Wildman–Crippen LogP) is 3.38. The van der Waals surface area contributed by atoms with Crippen LogP contribution in [0.1, 0.15) is 60.3 Å². The summed E-state index contributed by atoms with van der Waals surface area (Å²) >= 11 is 0. The van der Waals surface area contributed by atoms with Gasteiger partial charge >= 0.3 is 5.97 Å². The van der Waals surface area contributed by atoms with Crippen LogP contribution in [0.15, 0.2) is 0 Å². The van der Waals surface area contributed by atoms with E-state index < -0.39 is 0 Å². The molecule has 0 aromatic carbocycles. The lowest BCUT2D eigenvalue weighted by molar-refractivity contribution is -0.161. The molecule has 1 aliphatic carbocycles. The molecule has 2 fully saturated rings. The lowest BCUT2D eigenvalue weighted by atomic mass is 9.67. The maximum absolute atomic E-state index is 12.4. The highest BCUT2D eigenvalue weighted by molar-refractivity contribution is 5.74. The van der Waals surface area contributed by atoms with Crippen molar-refractivity contribution in [1.29, 1.82) is 0 Å². The van der Waals surface area contributed by atoms with Gasteiger partial charge in [0.2, 0.25) is 0 Å². The van der Waals surface area contributed by atoms with Gasteiger partial charge in [-0.05, 0) is 70.3 Å². The zero-order chi connectivity index (χ0) is 15.0. The minimum Gasteiger partial charge on any atom is -0.460 e. The number of rotatable bonds is 2. The maximum atomic E-state index is 12.4. The van der Waals surface area contributed by atoms with Crippen molar-refractivity contribution in [3.63, 3.8) is 0 Å². The molecule has 1 aliphatic heterocycles. The van der Waals surface area contributed by atoms with E-state index in [1.165, 1.54) is 25.7 Å². The van der Waals surface area contributed by atoms with E-state index in [9.17, 15) is 4.79 Å². The van der Waals surface area contributed by atoms with Crippen molar-refractivity contribution in [3.05, 3.63) is 0 Å². The van der Waals surface area contributed by atoms with E-state index >= 15 is 0 Å². The van der Waals surface area contributed by atoms with E-state index in [0.717, 1.165) is 13.1 Å². The van der Waals surface area contributed by atoms with Crippen molar-refractivity contribution in [2.75, 3.05) is 13.1 Å². The molecular weight excluding hydrogens is 250 g/mol. The molecule has 0 bridgehead atoms. The highest BCUT2D eigenvalue weighted by Gasteiger charge is 2.42. The monoisotopic (exact) mass is 281 g/mol. The van der Waals surface area contributed by atoms with Gasteiger partial charge in [-0.25, -0.2) is 0 Å². The van der Waals surface area contributed by atoms with Gasteiger partial charge in [0.1, 0.15) is 5.60 Å². The van der Waals surface area contributed by atoms with Crippen LogP contribution in [-0.2, 0) is 9.53 Å². The van der Waals surface area contributed by atoms with E-state index in [0.29, 0.717) is 17.3 Å². The van der Waals surface area contributed by atoms with Crippen molar-refractivity contribution in [2.45, 2.75) is 65.9 Å². The van der Waals surface area contributed by atoms with E-state index in [2.05, 4.69) is 19.2 Å². The molecule has 2 atom stereocenters. The van der Waals surface area contributed by atoms with Gasteiger partial charge in [0, 0.05) is 6.54 Å². The molecule has 20 heavy (non-hydrogen) atoms. The molecule has 0 aromatic rings. The molecule has 2 unspecified atom stereocenters. The molecule has 2 aliphatic rings. The maximum Gasteiger partial charge on any atom is 0.311 e. The van der Waals surface area contributed by atoms with Gasteiger partial charge < -0.3 is 10.1 Å². The zero-order valence-electron chi connectivity index (χ0n) is 13.8. The average molecular weight is 281 g/mol. The Kier molecular flexibility index (Phi) is 4.48. The molecule has 2 rings (SSSR count). The van der Waals surface area contributed by atoms with Gasteiger partial charge in [-0.15, -0.1) is 0 Å². The predicted molar refractivity (Wildman–Crippen MR) is 81.4 cm³/mol. The number of carbonyl (C=O) groups excluding carboxylic acids is 1. The number of hydrogen-bond donors (Lipinski definition) is 1. The molecule has 1 saturated carbocycles. The first kappa shape index (κ1) is 15.8. The first-order chi connectivity index (χ1) is 9.18. The van der Waals surface area contributed by atoms with E-state index in [1.807, 2.05) is 20.8 Å². The molecule has 1 N–H and O–H groups in total. The summed E-state index contributed by atoms with van der Waals surface area (Å²) in [5.74, 6) is 1.22. The van der Waals surface area contributed by atoms with Gasteiger partial charge in [-0.1, -0.05) is 13.8 Å². The lowest BCUT2D eigenvalue weighted by Crippen LogP contribution is -2.36. The number of esters is 1. The van der Waals surface area contributed by atoms with Crippen LogP contribution < -0.4 is 5.32 Å². The van der Waals surface area contributed by atoms with Crippen LogP contribution >= 0.6 is 0 Å². The van der Waals surface area contributed by atoms with Crippen molar-refractivity contribution < 1.29 is 9.53 Å². The molecule has 0 spiro atoms. The second-order valence-corrected chi connectivity index (χ2v) is 8.46. The number of nitrogens with one attached hydrogen (secondary N) is 1. The van der Waals surface area contributed by atoms with Gasteiger partial charge in [0.15, 0.2) is 0 Å². The van der Waals surface area contributed by atoms with Crippen molar-refractivity contribution in [1.82, 2.24) is 5.32 Å². The van der Waals surface area contributed by atoms with E-state index in [-0.39, 0.29) is 17.5 Å². The summed E-state index contributed by atoms with van der Waals surface area (Å²) in [5.41, 5.74) is 0.114. The second-order valence-electron chi connectivity index (χ2n) is 8.46. The molecule has 0 aromatic heterocycles. The highest BCUT2D eigenvalue weighted by atomic mass is 16.6. The van der Waals surface area contributed by atoms with E-state index in [1.54, 1.807) is 0 Å². The third kappa shape index (κ3) is 3.97. The summed E-state index contributed by atoms with van der Waals surface area (Å²) in [6.07, 6.45) is 5.10. The van der Waals surface area contributed by atoms with Crippen LogP contribution in [0.25, 0.3) is 0 Å². The van der Waals surface area contributed by atoms with Gasteiger partial charge in [0.05, 0.1) is 5.92 Å². The third-order valence-electron chi connectivity index (χ3n) is 4.96. The summed E-state index contributed by atoms with van der Waals surface area (Å²) < 4.78 is 5.60. The fourth-order valence-electron chi connectivity index (χ4n) is 3.68. The Hall–Kier alpha value is -0.570. The largest absolute Gasteiger partial charge is 0.460 e. The Bertz CT molecular complexity index is 346. The molecule has 3 heteroatoms. The van der Waals surface area contributed by atoms with Crippen LogP contribution in [-0.4, -0.2) is 24.7 Å². The van der Waals surface area contributed by atoms with Gasteiger partial charge in [-0.2, -0.15) is 0 Å². The first-order valence-corrected chi connectivity index (χ1v) is 8.11. The summed E-state index contributed by atoms with van der Waals surface area (Å²) in [4.78, 5) is 12.4. The smallest absolute Gasteiger partial charge is 0.311 e. The third-order valence-corrected chi connectivity index (χ3v) is 4.96. The summed E-state index contributed by atoms with van der Waals surface area (Å²) in [7, 11) is 0. The normalized spacial score (nSPS) is 31.2. The fraction of sp³-hybridized carbons (Fsp3) is 0.941. The minimum absolute atomic E-state index is 0.00247. The Morgan fingerprint density at radius 2 is 1.75 bits per heavy atom. The topological polar surface area (TPSA) is 38.3 Å². The Morgan fingerprint density at radius 3 is 2.30 bits per heavy atom. The SMILES string of the molecule is CC1(C)CCC(C2CNCC2C(=O)OC(C)(C)C)CC1. The summed E-state index contributed by atoms with van der Waals surface area (Å²) in [6, 6.07) is 0. The van der Waals surface area contributed by atoms with Gasteiger partial charge in [-0.3, -0.25) is 4.79 Å². The number of hydrogen-bond acceptors (Lipinski definition) is 3. The Labute approximate surface area is 123 Å². The zero-order valence-corrected chi connectivity index (χ0v) is 13.8. The minimum atomic E-state index is -0.376. The molecule has 3 nitrogen and oxygen atoms in total. The van der Waals surface area contributed by atoms with Gasteiger partial charge in [0.25, 0.3) is 0 Å². The van der Waals surface area contributed by atoms with Crippen LogP contribution in [0, 0.1) is 23.2 Å². The molecule has 1 heterocycles. The molecule has 0 amide bonds. The van der Waals surface area contributed by atoms with Crippen LogP contribution in [0.5, 0.6) is 0 Å². The number of carbonyl (C=O) groups is 1. The number of ether oxygens (including phenoxy) is 1. The van der Waals surface area contributed by atoms with Crippen LogP contribution in [0.2, 0.25) is 0 Å². The van der Waals surface area contributed by atoms with Crippen LogP contribution in [0.3, 0.4) is 0 Å². The van der Waals surface area contributed by atoms with Crippen molar-refractivity contribution >= 4 is 5.97 Å². The van der Waals surface area contributed by atoms with Crippen molar-refractivity contribution in [2.24, 2.45) is 23.2 Å². The van der Waals surface area contributed by atoms with E-state index in [4.69, 9.17) is 4.74 Å². The summed E-state index contributed by atoms with van der Waals surface area (Å²) in [6.45, 7) is 12.3. The van der Waals surface area contributed by atoms with Crippen LogP contribution in [0.4, 0.5) is 0 Å². The molecular formula is C17H31NO2. The molecule has 0 radical (unpaired) electrons. The quantitative estimate of drug-likeness (QED) is 0.789. The summed E-state index contributed by atoms with van der Waals surface area (Å²) in [5, 5.41) is 3.41. The van der Waals surface area contributed by atoms with Crippen molar-refractivity contribution in [3.8, 4) is 0 Å². The lowest BCUT2D eigenvalue weighted by Gasteiger charge is -2.38.